The van der Waals surface area contributed by atoms with Crippen molar-refractivity contribution in [1.82, 2.24) is 14.6 Å². The standard InChI is InChI=1S/C19H23N3O3/c1-4-5-6-7-13-10-19(23)22-18(20-13)12-16(21-22)15-9-8-14(24-2)11-17(15)25-3/h8-12,21H,4-7H2,1-3H3. The molecule has 6 heteroatoms. The number of H-pyrrole nitrogens is 1. The van der Waals surface area contributed by atoms with E-state index in [1.54, 1.807) is 20.3 Å². The number of hydrogen-bond acceptors (Lipinski definition) is 4. The Bertz CT molecular complexity index is 927. The number of fused-ring (bicyclic) bond motifs is 1. The van der Waals surface area contributed by atoms with Crippen LogP contribution >= 0.6 is 0 Å². The van der Waals surface area contributed by atoms with E-state index in [0.717, 1.165) is 42.6 Å². The normalized spacial score (nSPS) is 11.0. The minimum atomic E-state index is -0.102. The summed E-state index contributed by atoms with van der Waals surface area (Å²) < 4.78 is 12.1. The lowest BCUT2D eigenvalue weighted by Crippen LogP contribution is -2.15. The summed E-state index contributed by atoms with van der Waals surface area (Å²) >= 11 is 0. The van der Waals surface area contributed by atoms with Crippen LogP contribution in [0.4, 0.5) is 0 Å². The van der Waals surface area contributed by atoms with Gasteiger partial charge in [-0.2, -0.15) is 0 Å². The molecule has 3 aromatic rings. The Morgan fingerprint density at radius 1 is 1.12 bits per heavy atom. The number of aromatic amines is 1. The maximum absolute atomic E-state index is 12.4. The average molecular weight is 341 g/mol. The fourth-order valence-corrected chi connectivity index (χ4v) is 2.88. The third-order valence-corrected chi connectivity index (χ3v) is 4.24. The molecule has 1 N–H and O–H groups in total. The van der Waals surface area contributed by atoms with E-state index in [9.17, 15) is 4.79 Å². The fraction of sp³-hybridized carbons (Fsp3) is 0.368. The van der Waals surface area contributed by atoms with Crippen molar-refractivity contribution in [1.29, 1.82) is 0 Å². The van der Waals surface area contributed by atoms with Crippen LogP contribution in [0.1, 0.15) is 31.9 Å². The van der Waals surface area contributed by atoms with Crippen molar-refractivity contribution in [3.05, 3.63) is 46.4 Å². The van der Waals surface area contributed by atoms with Crippen molar-refractivity contribution >= 4 is 5.65 Å². The van der Waals surface area contributed by atoms with Gasteiger partial charge in [0.15, 0.2) is 5.65 Å². The highest BCUT2D eigenvalue weighted by Crippen LogP contribution is 2.32. The number of benzene rings is 1. The quantitative estimate of drug-likeness (QED) is 0.669. The van der Waals surface area contributed by atoms with Crippen LogP contribution in [0.15, 0.2) is 35.1 Å². The predicted molar refractivity (Wildman–Crippen MR) is 97.6 cm³/mol. The Morgan fingerprint density at radius 2 is 1.96 bits per heavy atom. The van der Waals surface area contributed by atoms with Crippen molar-refractivity contribution in [3.8, 4) is 22.8 Å². The van der Waals surface area contributed by atoms with Gasteiger partial charge in [-0.3, -0.25) is 9.89 Å². The smallest absolute Gasteiger partial charge is 0.272 e. The van der Waals surface area contributed by atoms with Crippen LogP contribution in [0, 0.1) is 0 Å². The molecule has 25 heavy (non-hydrogen) atoms. The summed E-state index contributed by atoms with van der Waals surface area (Å²) in [6, 6.07) is 9.04. The minimum absolute atomic E-state index is 0.102. The maximum atomic E-state index is 12.4. The van der Waals surface area contributed by atoms with Crippen LogP contribution < -0.4 is 15.0 Å². The summed E-state index contributed by atoms with van der Waals surface area (Å²) in [6.45, 7) is 2.16. The highest BCUT2D eigenvalue weighted by atomic mass is 16.5. The van der Waals surface area contributed by atoms with Crippen LogP contribution in [0.3, 0.4) is 0 Å². The topological polar surface area (TPSA) is 68.6 Å². The molecule has 0 aliphatic carbocycles. The minimum Gasteiger partial charge on any atom is -0.497 e. The van der Waals surface area contributed by atoms with Crippen LogP contribution in [0.5, 0.6) is 11.5 Å². The Balaban J connectivity index is 2.01. The molecule has 6 nitrogen and oxygen atoms in total. The molecule has 0 saturated heterocycles. The first-order valence-corrected chi connectivity index (χ1v) is 8.50. The highest BCUT2D eigenvalue weighted by Gasteiger charge is 2.12. The molecule has 0 aliphatic heterocycles. The third-order valence-electron chi connectivity index (χ3n) is 4.24. The fourth-order valence-electron chi connectivity index (χ4n) is 2.88. The molecule has 1 aromatic carbocycles. The number of aromatic nitrogens is 3. The maximum Gasteiger partial charge on any atom is 0.272 e. The summed E-state index contributed by atoms with van der Waals surface area (Å²) in [7, 11) is 3.22. The van der Waals surface area contributed by atoms with Gasteiger partial charge in [0.1, 0.15) is 11.5 Å². The second kappa shape index (κ2) is 7.42. The van der Waals surface area contributed by atoms with E-state index in [1.807, 2.05) is 24.3 Å². The lowest BCUT2D eigenvalue weighted by atomic mass is 10.1. The zero-order valence-electron chi connectivity index (χ0n) is 14.8. The first-order chi connectivity index (χ1) is 12.2. The van der Waals surface area contributed by atoms with Gasteiger partial charge in [-0.15, -0.1) is 0 Å². The first kappa shape index (κ1) is 17.1. The van der Waals surface area contributed by atoms with Gasteiger partial charge in [-0.25, -0.2) is 9.50 Å². The van der Waals surface area contributed by atoms with Gasteiger partial charge >= 0.3 is 0 Å². The number of ether oxygens (including phenoxy) is 2. The van der Waals surface area contributed by atoms with E-state index in [2.05, 4.69) is 17.0 Å². The Kier molecular flexibility index (Phi) is 5.07. The zero-order valence-corrected chi connectivity index (χ0v) is 14.8. The summed E-state index contributed by atoms with van der Waals surface area (Å²) in [5, 5.41) is 3.11. The second-order valence-corrected chi connectivity index (χ2v) is 5.97. The zero-order chi connectivity index (χ0) is 17.8. The lowest BCUT2D eigenvalue weighted by molar-refractivity contribution is 0.395. The van der Waals surface area contributed by atoms with Crippen molar-refractivity contribution in [2.75, 3.05) is 14.2 Å². The number of hydrogen-bond donors (Lipinski definition) is 1. The Labute approximate surface area is 146 Å². The predicted octanol–water partition coefficient (Wildman–Crippen LogP) is 3.44. The first-order valence-electron chi connectivity index (χ1n) is 8.50. The Hall–Kier alpha value is -2.76. The highest BCUT2D eigenvalue weighted by molar-refractivity contribution is 5.71. The van der Waals surface area contributed by atoms with Gasteiger partial charge in [0.25, 0.3) is 5.56 Å². The Morgan fingerprint density at radius 3 is 2.68 bits per heavy atom. The van der Waals surface area contributed by atoms with Crippen LogP contribution in [-0.2, 0) is 6.42 Å². The van der Waals surface area contributed by atoms with Crippen molar-refractivity contribution in [3.63, 3.8) is 0 Å². The van der Waals surface area contributed by atoms with E-state index >= 15 is 0 Å². The molecule has 0 aliphatic rings. The van der Waals surface area contributed by atoms with Crippen LogP contribution in [-0.4, -0.2) is 28.8 Å². The van der Waals surface area contributed by atoms with Gasteiger partial charge in [0.05, 0.1) is 19.9 Å². The average Bonchev–Trinajstić information content (AvgIpc) is 3.06. The molecule has 2 heterocycles. The summed E-state index contributed by atoms with van der Waals surface area (Å²) in [4.78, 5) is 17.0. The number of aryl methyl sites for hydroxylation is 1. The van der Waals surface area contributed by atoms with Crippen LogP contribution in [0.2, 0.25) is 0 Å². The molecule has 132 valence electrons. The van der Waals surface area contributed by atoms with E-state index in [0.29, 0.717) is 17.1 Å². The SMILES string of the molecule is CCCCCc1cc(=O)n2[nH]c(-c3ccc(OC)cc3OC)cc2n1. The lowest BCUT2D eigenvalue weighted by Gasteiger charge is -2.08. The van der Waals surface area contributed by atoms with Gasteiger partial charge < -0.3 is 9.47 Å². The molecule has 3 rings (SSSR count). The molecule has 0 amide bonds. The van der Waals surface area contributed by atoms with E-state index in [4.69, 9.17) is 9.47 Å². The second-order valence-electron chi connectivity index (χ2n) is 5.97. The molecular weight excluding hydrogens is 318 g/mol. The van der Waals surface area contributed by atoms with Crippen molar-refractivity contribution in [2.24, 2.45) is 0 Å². The molecular formula is C19H23N3O3. The van der Waals surface area contributed by atoms with Crippen molar-refractivity contribution < 1.29 is 9.47 Å². The van der Waals surface area contributed by atoms with Crippen LogP contribution in [0.25, 0.3) is 16.9 Å². The molecule has 2 aromatic heterocycles. The molecule has 0 bridgehead atoms. The number of rotatable bonds is 7. The molecule has 0 atom stereocenters. The monoisotopic (exact) mass is 341 g/mol. The molecule has 0 saturated carbocycles. The third kappa shape index (κ3) is 3.52. The molecule has 0 radical (unpaired) electrons. The molecule has 0 fully saturated rings. The molecule has 0 unspecified atom stereocenters. The number of nitrogens with one attached hydrogen (secondary N) is 1. The van der Waals surface area contributed by atoms with E-state index in [-0.39, 0.29) is 5.56 Å². The summed E-state index contributed by atoms with van der Waals surface area (Å²) in [6.07, 6.45) is 4.16. The van der Waals surface area contributed by atoms with Gasteiger partial charge in [0, 0.05) is 29.5 Å². The summed E-state index contributed by atoms with van der Waals surface area (Å²) in [5.41, 5.74) is 2.98. The summed E-state index contributed by atoms with van der Waals surface area (Å²) in [5.74, 6) is 1.38. The number of methoxy groups -OCH3 is 2. The van der Waals surface area contributed by atoms with E-state index in [1.165, 1.54) is 4.52 Å². The van der Waals surface area contributed by atoms with E-state index < -0.39 is 0 Å². The molecule has 0 spiro atoms. The van der Waals surface area contributed by atoms with Gasteiger partial charge in [0.2, 0.25) is 0 Å². The van der Waals surface area contributed by atoms with Gasteiger partial charge in [-0.05, 0) is 25.0 Å². The number of unbranched alkanes of at least 4 members (excludes halogenated alkanes) is 2. The van der Waals surface area contributed by atoms with Gasteiger partial charge in [-0.1, -0.05) is 19.8 Å². The van der Waals surface area contributed by atoms with Crippen molar-refractivity contribution in [2.45, 2.75) is 32.6 Å². The number of nitrogens with zero attached hydrogens (tertiary/aromatic N) is 2. The largest absolute Gasteiger partial charge is 0.497 e.